The first-order valence-electron chi connectivity index (χ1n) is 3.11. The van der Waals surface area contributed by atoms with Gasteiger partial charge in [-0.15, -0.1) is 11.3 Å². The minimum atomic E-state index is -0.231. The summed E-state index contributed by atoms with van der Waals surface area (Å²) in [5.41, 5.74) is 0. The number of rotatable bonds is 2. The average molecular weight is 221 g/mol. The van der Waals surface area contributed by atoms with Crippen LogP contribution in [-0.4, -0.2) is 11.2 Å². The Morgan fingerprint density at radius 3 is 2.80 bits per heavy atom. The highest BCUT2D eigenvalue weighted by Crippen LogP contribution is 2.22. The van der Waals surface area contributed by atoms with E-state index in [9.17, 15) is 0 Å². The maximum Gasteiger partial charge on any atom is 0.0701 e. The first kappa shape index (κ1) is 8.24. The van der Waals surface area contributed by atoms with Crippen LogP contribution in [0.1, 0.15) is 11.8 Å². The molecular formula is C7H9BrOS. The molecule has 0 fully saturated rings. The molecule has 1 heterocycles. The molecular weight excluding hydrogens is 212 g/mol. The molecule has 1 N–H and O–H groups in total. The molecule has 1 rings (SSSR count). The Balaban J connectivity index is 2.58. The summed E-state index contributed by atoms with van der Waals surface area (Å²) in [6, 6.07) is 4.03. The van der Waals surface area contributed by atoms with E-state index in [-0.39, 0.29) is 6.10 Å². The maximum absolute atomic E-state index is 9.01. The van der Waals surface area contributed by atoms with Gasteiger partial charge in [0, 0.05) is 11.3 Å². The van der Waals surface area contributed by atoms with Crippen molar-refractivity contribution in [2.75, 3.05) is 0 Å². The molecule has 56 valence electrons. The molecule has 10 heavy (non-hydrogen) atoms. The first-order valence-corrected chi connectivity index (χ1v) is 4.71. The molecule has 0 radical (unpaired) electrons. The quantitative estimate of drug-likeness (QED) is 0.813. The fraction of sp³-hybridized carbons (Fsp3) is 0.429. The molecule has 1 aromatic rings. The number of halogens is 1. The Bertz CT molecular complexity index is 207. The van der Waals surface area contributed by atoms with Crippen molar-refractivity contribution in [3.63, 3.8) is 0 Å². The van der Waals surface area contributed by atoms with Gasteiger partial charge in [-0.05, 0) is 35.0 Å². The lowest BCUT2D eigenvalue weighted by Gasteiger charge is -1.98. The monoisotopic (exact) mass is 220 g/mol. The molecule has 0 saturated carbocycles. The third kappa shape index (κ3) is 2.40. The summed E-state index contributed by atoms with van der Waals surface area (Å²) in [6.07, 6.45) is 0.529. The Morgan fingerprint density at radius 2 is 2.40 bits per heavy atom. The fourth-order valence-electron chi connectivity index (χ4n) is 0.753. The number of aliphatic hydroxyl groups is 1. The minimum Gasteiger partial charge on any atom is -0.393 e. The molecule has 1 aromatic heterocycles. The Hall–Kier alpha value is 0.140. The zero-order chi connectivity index (χ0) is 7.56. The summed E-state index contributed by atoms with van der Waals surface area (Å²) in [4.78, 5) is 1.22. The zero-order valence-electron chi connectivity index (χ0n) is 5.67. The van der Waals surface area contributed by atoms with Crippen molar-refractivity contribution in [3.05, 3.63) is 20.8 Å². The fourth-order valence-corrected chi connectivity index (χ4v) is 2.36. The van der Waals surface area contributed by atoms with E-state index in [2.05, 4.69) is 15.9 Å². The lowest BCUT2D eigenvalue weighted by Crippen LogP contribution is -2.01. The van der Waals surface area contributed by atoms with Gasteiger partial charge >= 0.3 is 0 Å². The summed E-state index contributed by atoms with van der Waals surface area (Å²) < 4.78 is 1.13. The van der Waals surface area contributed by atoms with Crippen LogP contribution in [-0.2, 0) is 6.42 Å². The van der Waals surface area contributed by atoms with Crippen molar-refractivity contribution >= 4 is 27.3 Å². The number of aliphatic hydroxyl groups excluding tert-OH is 1. The molecule has 0 aliphatic carbocycles. The van der Waals surface area contributed by atoms with E-state index < -0.39 is 0 Å². The molecule has 1 atom stereocenters. The van der Waals surface area contributed by atoms with Crippen molar-refractivity contribution in [1.29, 1.82) is 0 Å². The molecule has 0 aromatic carbocycles. The largest absolute Gasteiger partial charge is 0.393 e. The van der Waals surface area contributed by atoms with E-state index in [4.69, 9.17) is 5.11 Å². The lowest BCUT2D eigenvalue weighted by atomic mass is 10.2. The van der Waals surface area contributed by atoms with Gasteiger partial charge in [0.25, 0.3) is 0 Å². The van der Waals surface area contributed by atoms with E-state index in [0.717, 1.165) is 10.2 Å². The minimum absolute atomic E-state index is 0.231. The van der Waals surface area contributed by atoms with Gasteiger partial charge in [0.15, 0.2) is 0 Å². The Labute approximate surface area is 72.8 Å². The summed E-state index contributed by atoms with van der Waals surface area (Å²) in [6.45, 7) is 1.80. The molecule has 3 heteroatoms. The molecule has 1 unspecified atom stereocenters. The number of thiophene rings is 1. The highest BCUT2D eigenvalue weighted by molar-refractivity contribution is 9.11. The summed E-state index contributed by atoms with van der Waals surface area (Å²) in [5, 5.41) is 9.01. The highest BCUT2D eigenvalue weighted by Gasteiger charge is 2.00. The smallest absolute Gasteiger partial charge is 0.0701 e. The van der Waals surface area contributed by atoms with Gasteiger partial charge in [-0.1, -0.05) is 0 Å². The summed E-state index contributed by atoms with van der Waals surface area (Å²) >= 11 is 5.03. The van der Waals surface area contributed by atoms with Gasteiger partial charge in [0.05, 0.1) is 9.89 Å². The average Bonchev–Trinajstić information content (AvgIpc) is 2.13. The molecule has 0 amide bonds. The molecule has 0 aliphatic rings. The predicted octanol–water partition coefficient (Wildman–Crippen LogP) is 2.43. The third-order valence-corrected chi connectivity index (χ3v) is 2.77. The molecule has 0 saturated heterocycles. The number of hydrogen-bond acceptors (Lipinski definition) is 2. The predicted molar refractivity (Wildman–Crippen MR) is 47.4 cm³/mol. The summed E-state index contributed by atoms with van der Waals surface area (Å²) in [7, 11) is 0. The molecule has 0 aliphatic heterocycles. The van der Waals surface area contributed by atoms with Crippen molar-refractivity contribution in [2.24, 2.45) is 0 Å². The Kier molecular flexibility index (Phi) is 2.89. The van der Waals surface area contributed by atoms with E-state index in [1.54, 1.807) is 18.3 Å². The van der Waals surface area contributed by atoms with Crippen LogP contribution < -0.4 is 0 Å². The van der Waals surface area contributed by atoms with Crippen molar-refractivity contribution in [3.8, 4) is 0 Å². The lowest BCUT2D eigenvalue weighted by molar-refractivity contribution is 0.196. The van der Waals surface area contributed by atoms with Crippen molar-refractivity contribution < 1.29 is 5.11 Å². The van der Waals surface area contributed by atoms with Gasteiger partial charge in [0.2, 0.25) is 0 Å². The molecule has 0 bridgehead atoms. The zero-order valence-corrected chi connectivity index (χ0v) is 8.08. The maximum atomic E-state index is 9.01. The van der Waals surface area contributed by atoms with Gasteiger partial charge in [0.1, 0.15) is 0 Å². The second-order valence-electron chi connectivity index (χ2n) is 2.26. The van der Waals surface area contributed by atoms with Crippen molar-refractivity contribution in [2.45, 2.75) is 19.4 Å². The topological polar surface area (TPSA) is 20.2 Å². The van der Waals surface area contributed by atoms with E-state index in [1.807, 2.05) is 12.1 Å². The van der Waals surface area contributed by atoms with Gasteiger partial charge in [-0.25, -0.2) is 0 Å². The first-order chi connectivity index (χ1) is 4.68. The van der Waals surface area contributed by atoms with Crippen molar-refractivity contribution in [1.82, 2.24) is 0 Å². The van der Waals surface area contributed by atoms with Crippen LogP contribution in [0.25, 0.3) is 0 Å². The van der Waals surface area contributed by atoms with Crippen LogP contribution in [0, 0.1) is 0 Å². The van der Waals surface area contributed by atoms with Gasteiger partial charge < -0.3 is 5.11 Å². The van der Waals surface area contributed by atoms with E-state index in [0.29, 0.717) is 0 Å². The van der Waals surface area contributed by atoms with Crippen LogP contribution in [0.3, 0.4) is 0 Å². The SMILES string of the molecule is CC(O)Cc1ccc(Br)s1. The molecule has 1 nitrogen and oxygen atoms in total. The van der Waals surface area contributed by atoms with Crippen LogP contribution >= 0.6 is 27.3 Å². The van der Waals surface area contributed by atoms with E-state index >= 15 is 0 Å². The molecule has 0 spiro atoms. The number of hydrogen-bond donors (Lipinski definition) is 1. The standard InChI is InChI=1S/C7H9BrOS/c1-5(9)4-6-2-3-7(8)10-6/h2-3,5,9H,4H2,1H3. The van der Waals surface area contributed by atoms with Crippen LogP contribution in [0.5, 0.6) is 0 Å². The third-order valence-electron chi connectivity index (χ3n) is 1.13. The highest BCUT2D eigenvalue weighted by atomic mass is 79.9. The van der Waals surface area contributed by atoms with Gasteiger partial charge in [-0.2, -0.15) is 0 Å². The van der Waals surface area contributed by atoms with Gasteiger partial charge in [-0.3, -0.25) is 0 Å². The summed E-state index contributed by atoms with van der Waals surface area (Å²) in [5.74, 6) is 0. The Morgan fingerprint density at radius 1 is 1.70 bits per heavy atom. The van der Waals surface area contributed by atoms with Crippen LogP contribution in [0.2, 0.25) is 0 Å². The second-order valence-corrected chi connectivity index (χ2v) is 4.81. The normalized spacial score (nSPS) is 13.5. The van der Waals surface area contributed by atoms with Crippen LogP contribution in [0.15, 0.2) is 15.9 Å². The van der Waals surface area contributed by atoms with Crippen LogP contribution in [0.4, 0.5) is 0 Å². The van der Waals surface area contributed by atoms with E-state index in [1.165, 1.54) is 4.88 Å². The second kappa shape index (κ2) is 3.51.